The number of nitrogens with zero attached hydrogens (tertiary/aromatic N) is 4. The highest BCUT2D eigenvalue weighted by Crippen LogP contribution is 2.51. The first-order valence-electron chi connectivity index (χ1n) is 11.3. The van der Waals surface area contributed by atoms with E-state index in [4.69, 9.17) is 4.99 Å². The summed E-state index contributed by atoms with van der Waals surface area (Å²) in [5, 5.41) is 6.98. The van der Waals surface area contributed by atoms with Crippen molar-refractivity contribution >= 4 is 23.5 Å². The van der Waals surface area contributed by atoms with Gasteiger partial charge in [-0.25, -0.2) is 9.98 Å². The molecule has 0 bridgehead atoms. The van der Waals surface area contributed by atoms with Crippen molar-refractivity contribution in [2.45, 2.75) is 36.0 Å². The first-order chi connectivity index (χ1) is 15.2. The zero-order valence-electron chi connectivity index (χ0n) is 18.7. The maximum absolute atomic E-state index is 4.85. The predicted molar refractivity (Wildman–Crippen MR) is 131 cm³/mol. The van der Waals surface area contributed by atoms with Gasteiger partial charge in [-0.05, 0) is 56.6 Å². The molecule has 2 aliphatic rings. The fraction of sp³-hybridized carbons (Fsp3) is 0.500. The van der Waals surface area contributed by atoms with Crippen LogP contribution in [0, 0.1) is 0 Å². The van der Waals surface area contributed by atoms with Gasteiger partial charge in [-0.2, -0.15) is 0 Å². The fourth-order valence-corrected chi connectivity index (χ4v) is 4.96. The van der Waals surface area contributed by atoms with E-state index >= 15 is 0 Å². The zero-order chi connectivity index (χ0) is 21.5. The molecule has 1 aromatic carbocycles. The van der Waals surface area contributed by atoms with Crippen molar-refractivity contribution in [2.24, 2.45) is 4.99 Å². The molecule has 0 amide bonds. The monoisotopic (exact) mass is 438 g/mol. The second-order valence-electron chi connectivity index (χ2n) is 8.46. The highest BCUT2D eigenvalue weighted by molar-refractivity contribution is 8.01. The summed E-state index contributed by atoms with van der Waals surface area (Å²) in [5.74, 6) is 1.95. The minimum absolute atomic E-state index is 0.294. The predicted octanol–water partition coefficient (Wildman–Crippen LogP) is 3.21. The number of aliphatic imine (C=N–C) groups is 1. The van der Waals surface area contributed by atoms with Crippen molar-refractivity contribution in [2.75, 3.05) is 51.2 Å². The average molecular weight is 439 g/mol. The quantitative estimate of drug-likeness (QED) is 0.488. The number of aromatic nitrogens is 1. The van der Waals surface area contributed by atoms with Crippen molar-refractivity contribution in [1.29, 1.82) is 0 Å². The Balaban J connectivity index is 1.34. The number of guanidine groups is 1. The molecular weight excluding hydrogens is 404 g/mol. The van der Waals surface area contributed by atoms with Crippen LogP contribution in [-0.4, -0.2) is 66.9 Å². The minimum Gasteiger partial charge on any atom is -0.357 e. The average Bonchev–Trinajstić information content (AvgIpc) is 3.56. The van der Waals surface area contributed by atoms with Crippen LogP contribution in [0.5, 0.6) is 0 Å². The molecule has 1 aliphatic carbocycles. The normalized spacial score (nSPS) is 18.6. The van der Waals surface area contributed by atoms with Gasteiger partial charge < -0.3 is 20.4 Å². The van der Waals surface area contributed by atoms with Crippen molar-refractivity contribution < 1.29 is 0 Å². The molecule has 2 heterocycles. The zero-order valence-corrected chi connectivity index (χ0v) is 19.5. The third-order valence-electron chi connectivity index (χ3n) is 5.86. The molecule has 1 aliphatic heterocycles. The van der Waals surface area contributed by atoms with Crippen molar-refractivity contribution in [3.8, 4) is 0 Å². The number of thioether (sulfide) groups is 1. The first-order valence-corrected chi connectivity index (χ1v) is 12.1. The standard InChI is InChI=1S/C24H34N6S/c1-3-25-23(28-19-24(10-11-24)31-21-7-5-4-6-8-21)27-18-20-9-12-26-22(17-20)30-15-13-29(2)14-16-30/h4-9,12,17H,3,10-11,13-16,18-19H2,1-2H3,(H2,25,27,28). The maximum Gasteiger partial charge on any atom is 0.191 e. The molecular formula is C24H34N6S. The molecule has 31 heavy (non-hydrogen) atoms. The van der Waals surface area contributed by atoms with Gasteiger partial charge in [-0.3, -0.25) is 0 Å². The summed E-state index contributed by atoms with van der Waals surface area (Å²) in [6.07, 6.45) is 4.41. The van der Waals surface area contributed by atoms with E-state index in [1.165, 1.54) is 23.3 Å². The molecule has 2 aromatic rings. The van der Waals surface area contributed by atoms with Gasteiger partial charge in [-0.1, -0.05) is 18.2 Å². The number of anilines is 1. The molecule has 0 spiro atoms. The van der Waals surface area contributed by atoms with Gasteiger partial charge in [0.1, 0.15) is 5.82 Å². The first kappa shape index (κ1) is 22.0. The molecule has 0 radical (unpaired) electrons. The summed E-state index contributed by atoms with van der Waals surface area (Å²) in [6.45, 7) is 8.78. The third kappa shape index (κ3) is 6.37. The molecule has 6 nitrogen and oxygen atoms in total. The summed E-state index contributed by atoms with van der Waals surface area (Å²) < 4.78 is 0.294. The van der Waals surface area contributed by atoms with Crippen LogP contribution >= 0.6 is 11.8 Å². The Morgan fingerprint density at radius 2 is 1.87 bits per heavy atom. The van der Waals surface area contributed by atoms with Gasteiger partial charge >= 0.3 is 0 Å². The van der Waals surface area contributed by atoms with Crippen LogP contribution in [0.2, 0.25) is 0 Å². The Morgan fingerprint density at radius 3 is 2.58 bits per heavy atom. The maximum atomic E-state index is 4.85. The lowest BCUT2D eigenvalue weighted by molar-refractivity contribution is 0.312. The van der Waals surface area contributed by atoms with Crippen LogP contribution in [0.3, 0.4) is 0 Å². The molecule has 7 heteroatoms. The van der Waals surface area contributed by atoms with Gasteiger partial charge in [0, 0.05) is 55.1 Å². The van der Waals surface area contributed by atoms with Gasteiger partial charge in [0.2, 0.25) is 0 Å². The van der Waals surface area contributed by atoms with E-state index in [-0.39, 0.29) is 0 Å². The lowest BCUT2D eigenvalue weighted by Gasteiger charge is -2.33. The number of piperazine rings is 1. The molecule has 0 atom stereocenters. The Bertz CT molecular complexity index is 859. The van der Waals surface area contributed by atoms with Gasteiger partial charge in [0.05, 0.1) is 6.54 Å². The number of benzene rings is 1. The molecule has 1 saturated carbocycles. The molecule has 0 unspecified atom stereocenters. The number of rotatable bonds is 8. The Morgan fingerprint density at radius 1 is 1.10 bits per heavy atom. The van der Waals surface area contributed by atoms with E-state index in [1.54, 1.807) is 0 Å². The summed E-state index contributed by atoms with van der Waals surface area (Å²) >= 11 is 1.99. The highest BCUT2D eigenvalue weighted by atomic mass is 32.2. The second kappa shape index (κ2) is 10.4. The summed E-state index contributed by atoms with van der Waals surface area (Å²) in [5.41, 5.74) is 1.20. The van der Waals surface area contributed by atoms with Crippen LogP contribution < -0.4 is 15.5 Å². The van der Waals surface area contributed by atoms with E-state index in [9.17, 15) is 0 Å². The number of hydrogen-bond acceptors (Lipinski definition) is 5. The van der Waals surface area contributed by atoms with Crippen LogP contribution in [0.25, 0.3) is 0 Å². The molecule has 1 saturated heterocycles. The van der Waals surface area contributed by atoms with Crippen LogP contribution in [-0.2, 0) is 6.54 Å². The van der Waals surface area contributed by atoms with E-state index in [0.717, 1.165) is 51.0 Å². The minimum atomic E-state index is 0.294. The van der Waals surface area contributed by atoms with Gasteiger partial charge in [-0.15, -0.1) is 11.8 Å². The van der Waals surface area contributed by atoms with Crippen molar-refractivity contribution in [1.82, 2.24) is 20.5 Å². The number of nitrogens with one attached hydrogen (secondary N) is 2. The smallest absolute Gasteiger partial charge is 0.191 e. The van der Waals surface area contributed by atoms with E-state index in [2.05, 4.69) is 81.9 Å². The topological polar surface area (TPSA) is 55.8 Å². The molecule has 2 fully saturated rings. The number of likely N-dealkylation sites (N-methyl/N-ethyl adjacent to an activating group) is 1. The molecule has 1 aromatic heterocycles. The van der Waals surface area contributed by atoms with Gasteiger partial charge in [0.25, 0.3) is 0 Å². The Labute approximate surface area is 190 Å². The Kier molecular flexibility index (Phi) is 7.35. The van der Waals surface area contributed by atoms with Crippen molar-refractivity contribution in [3.05, 3.63) is 54.2 Å². The molecule has 2 N–H and O–H groups in total. The largest absolute Gasteiger partial charge is 0.357 e. The Hall–Kier alpha value is -2.25. The fourth-order valence-electron chi connectivity index (χ4n) is 3.72. The summed E-state index contributed by atoms with van der Waals surface area (Å²) in [7, 11) is 2.18. The second-order valence-corrected chi connectivity index (χ2v) is 10.0. The van der Waals surface area contributed by atoms with Crippen LogP contribution in [0.15, 0.2) is 58.5 Å². The highest BCUT2D eigenvalue weighted by Gasteiger charge is 2.43. The number of pyridine rings is 1. The van der Waals surface area contributed by atoms with Crippen LogP contribution in [0.4, 0.5) is 5.82 Å². The molecule has 4 rings (SSSR count). The number of hydrogen-bond donors (Lipinski definition) is 2. The summed E-state index contributed by atoms with van der Waals surface area (Å²) in [6, 6.07) is 15.0. The lowest BCUT2D eigenvalue weighted by atomic mass is 10.2. The van der Waals surface area contributed by atoms with Gasteiger partial charge in [0.15, 0.2) is 5.96 Å². The SMILES string of the molecule is CCNC(=NCc1ccnc(N2CCN(C)CC2)c1)NCC1(Sc2ccccc2)CC1. The summed E-state index contributed by atoms with van der Waals surface area (Å²) in [4.78, 5) is 15.5. The lowest BCUT2D eigenvalue weighted by Crippen LogP contribution is -2.44. The third-order valence-corrected chi connectivity index (χ3v) is 7.36. The van der Waals surface area contributed by atoms with E-state index < -0.39 is 0 Å². The van der Waals surface area contributed by atoms with Crippen molar-refractivity contribution in [3.63, 3.8) is 0 Å². The molecule has 166 valence electrons. The van der Waals surface area contributed by atoms with E-state index in [0.29, 0.717) is 11.3 Å². The van der Waals surface area contributed by atoms with E-state index in [1.807, 2.05) is 18.0 Å². The van der Waals surface area contributed by atoms with Crippen LogP contribution in [0.1, 0.15) is 25.3 Å².